The van der Waals surface area contributed by atoms with Crippen molar-refractivity contribution in [2.75, 3.05) is 6.54 Å². The molecule has 0 aromatic heterocycles. The van der Waals surface area contributed by atoms with Gasteiger partial charge in [-0.2, -0.15) is 0 Å². The van der Waals surface area contributed by atoms with Crippen LogP contribution < -0.4 is 10.6 Å². The van der Waals surface area contributed by atoms with Crippen LogP contribution in [0.1, 0.15) is 19.4 Å². The number of carbonyl (C=O) groups is 3. The van der Waals surface area contributed by atoms with Gasteiger partial charge in [-0.25, -0.2) is 9.59 Å². The molecule has 0 aliphatic rings. The lowest BCUT2D eigenvalue weighted by molar-refractivity contribution is -0.384. The van der Waals surface area contributed by atoms with Crippen molar-refractivity contribution in [3.63, 3.8) is 0 Å². The van der Waals surface area contributed by atoms with Gasteiger partial charge in [0.15, 0.2) is 6.10 Å². The van der Waals surface area contributed by atoms with E-state index in [-0.39, 0.29) is 5.69 Å². The number of nitro benzene ring substituents is 1. The van der Waals surface area contributed by atoms with E-state index in [4.69, 9.17) is 4.74 Å². The number of imide groups is 1. The van der Waals surface area contributed by atoms with E-state index in [0.29, 0.717) is 12.1 Å². The van der Waals surface area contributed by atoms with E-state index in [0.717, 1.165) is 6.08 Å². The first kappa shape index (κ1) is 18.8. The third-order valence-electron chi connectivity index (χ3n) is 2.73. The zero-order valence-corrected chi connectivity index (χ0v) is 13.1. The minimum Gasteiger partial charge on any atom is -0.449 e. The van der Waals surface area contributed by atoms with E-state index in [1.165, 1.54) is 31.2 Å². The predicted molar refractivity (Wildman–Crippen MR) is 84.9 cm³/mol. The molecule has 0 heterocycles. The maximum absolute atomic E-state index is 11.6. The number of hydrogen-bond donors (Lipinski definition) is 2. The second kappa shape index (κ2) is 9.03. The van der Waals surface area contributed by atoms with E-state index in [1.54, 1.807) is 13.0 Å². The lowest BCUT2D eigenvalue weighted by Crippen LogP contribution is -2.44. The number of nitrogens with zero attached hydrogens (tertiary/aromatic N) is 1. The van der Waals surface area contributed by atoms with Crippen molar-refractivity contribution in [1.82, 2.24) is 10.6 Å². The van der Waals surface area contributed by atoms with Crippen LogP contribution in [0.2, 0.25) is 0 Å². The molecule has 1 aromatic rings. The molecule has 0 spiro atoms. The lowest BCUT2D eigenvalue weighted by Gasteiger charge is -2.11. The monoisotopic (exact) mass is 335 g/mol. The van der Waals surface area contributed by atoms with E-state index in [9.17, 15) is 24.5 Å². The largest absolute Gasteiger partial charge is 0.449 e. The molecule has 0 fully saturated rings. The van der Waals surface area contributed by atoms with Gasteiger partial charge in [0, 0.05) is 24.8 Å². The quantitative estimate of drug-likeness (QED) is 0.350. The van der Waals surface area contributed by atoms with Crippen LogP contribution in [-0.2, 0) is 14.3 Å². The fourth-order valence-electron chi connectivity index (χ4n) is 1.59. The summed E-state index contributed by atoms with van der Waals surface area (Å²) in [5.74, 6) is -1.59. The second-order valence-corrected chi connectivity index (χ2v) is 4.61. The van der Waals surface area contributed by atoms with Crippen LogP contribution in [0.15, 0.2) is 30.3 Å². The number of benzene rings is 1. The van der Waals surface area contributed by atoms with Crippen LogP contribution in [0.5, 0.6) is 0 Å². The Morgan fingerprint density at radius 1 is 1.38 bits per heavy atom. The van der Waals surface area contributed by atoms with Gasteiger partial charge in [0.1, 0.15) is 0 Å². The normalized spacial score (nSPS) is 11.6. The Morgan fingerprint density at radius 2 is 2.08 bits per heavy atom. The van der Waals surface area contributed by atoms with Gasteiger partial charge in [-0.3, -0.25) is 20.2 Å². The van der Waals surface area contributed by atoms with Gasteiger partial charge >= 0.3 is 12.0 Å². The molecular formula is C15H17N3O6. The zero-order valence-electron chi connectivity index (χ0n) is 13.1. The standard InChI is InChI=1S/C15H17N3O6/c1-3-16-15(21)17-14(20)10(2)24-13(19)8-7-11-5-4-6-12(9-11)18(22)23/h4-10H,3H2,1-2H3,(H2,16,17,20,21)/b8-7+/t10-/m0/s1. The van der Waals surface area contributed by atoms with Crippen molar-refractivity contribution >= 4 is 29.7 Å². The summed E-state index contributed by atoms with van der Waals surface area (Å²) in [5, 5.41) is 15.0. The molecule has 9 heteroatoms. The van der Waals surface area contributed by atoms with Crippen molar-refractivity contribution in [3.8, 4) is 0 Å². The molecule has 0 bridgehead atoms. The number of carbonyl (C=O) groups excluding carboxylic acids is 3. The number of urea groups is 1. The molecule has 0 unspecified atom stereocenters. The highest BCUT2D eigenvalue weighted by Gasteiger charge is 2.18. The summed E-state index contributed by atoms with van der Waals surface area (Å²) >= 11 is 0. The van der Waals surface area contributed by atoms with Gasteiger partial charge in [0.2, 0.25) is 0 Å². The molecule has 2 N–H and O–H groups in total. The van der Waals surface area contributed by atoms with Gasteiger partial charge in [-0.1, -0.05) is 12.1 Å². The van der Waals surface area contributed by atoms with Crippen LogP contribution in [0.4, 0.5) is 10.5 Å². The average Bonchev–Trinajstić information content (AvgIpc) is 2.53. The number of rotatable bonds is 6. The maximum Gasteiger partial charge on any atom is 0.331 e. The summed E-state index contributed by atoms with van der Waals surface area (Å²) in [6.07, 6.45) is 1.19. The molecule has 9 nitrogen and oxygen atoms in total. The summed E-state index contributed by atoms with van der Waals surface area (Å²) in [4.78, 5) is 44.5. The average molecular weight is 335 g/mol. The molecule has 0 saturated heterocycles. The Bertz CT molecular complexity index is 671. The fraction of sp³-hybridized carbons (Fsp3) is 0.267. The maximum atomic E-state index is 11.6. The van der Waals surface area contributed by atoms with Crippen LogP contribution in [0.25, 0.3) is 6.08 Å². The molecule has 0 aliphatic heterocycles. The molecule has 1 atom stereocenters. The molecule has 1 aromatic carbocycles. The lowest BCUT2D eigenvalue weighted by atomic mass is 10.2. The highest BCUT2D eigenvalue weighted by atomic mass is 16.6. The van der Waals surface area contributed by atoms with E-state index in [1.807, 2.05) is 5.32 Å². The van der Waals surface area contributed by atoms with Crippen LogP contribution in [0, 0.1) is 10.1 Å². The second-order valence-electron chi connectivity index (χ2n) is 4.61. The van der Waals surface area contributed by atoms with Crippen LogP contribution in [0.3, 0.4) is 0 Å². The Labute approximate surface area is 137 Å². The van der Waals surface area contributed by atoms with Gasteiger partial charge in [0.25, 0.3) is 11.6 Å². The van der Waals surface area contributed by atoms with Crippen molar-refractivity contribution in [1.29, 1.82) is 0 Å². The van der Waals surface area contributed by atoms with Crippen molar-refractivity contribution in [2.45, 2.75) is 20.0 Å². The van der Waals surface area contributed by atoms with Crippen LogP contribution >= 0.6 is 0 Å². The molecule has 0 saturated carbocycles. The SMILES string of the molecule is CCNC(=O)NC(=O)[C@H](C)OC(=O)/C=C/c1cccc([N+](=O)[O-])c1. The number of nitrogens with one attached hydrogen (secondary N) is 2. The van der Waals surface area contributed by atoms with E-state index < -0.39 is 28.9 Å². The molecule has 0 aliphatic carbocycles. The number of ether oxygens (including phenoxy) is 1. The fourth-order valence-corrected chi connectivity index (χ4v) is 1.59. The minimum absolute atomic E-state index is 0.111. The van der Waals surface area contributed by atoms with Gasteiger partial charge in [0.05, 0.1) is 4.92 Å². The number of hydrogen-bond acceptors (Lipinski definition) is 6. The Kier molecular flexibility index (Phi) is 7.08. The third kappa shape index (κ3) is 6.26. The molecule has 1 rings (SSSR count). The third-order valence-corrected chi connectivity index (χ3v) is 2.73. The first-order chi connectivity index (χ1) is 11.3. The van der Waals surface area contributed by atoms with E-state index in [2.05, 4.69) is 5.32 Å². The van der Waals surface area contributed by atoms with Gasteiger partial charge in [-0.05, 0) is 25.5 Å². The Morgan fingerprint density at radius 3 is 2.71 bits per heavy atom. The first-order valence-corrected chi connectivity index (χ1v) is 7.05. The molecular weight excluding hydrogens is 318 g/mol. The summed E-state index contributed by atoms with van der Waals surface area (Å²) in [6.45, 7) is 3.35. The highest BCUT2D eigenvalue weighted by molar-refractivity contribution is 5.98. The topological polar surface area (TPSA) is 128 Å². The molecule has 0 radical (unpaired) electrons. The van der Waals surface area contributed by atoms with Crippen molar-refractivity contribution in [2.24, 2.45) is 0 Å². The summed E-state index contributed by atoms with van der Waals surface area (Å²) < 4.78 is 4.84. The minimum atomic E-state index is -1.17. The zero-order chi connectivity index (χ0) is 18.1. The summed E-state index contributed by atoms with van der Waals surface area (Å²) in [6, 6.07) is 4.98. The Balaban J connectivity index is 2.59. The number of esters is 1. The predicted octanol–water partition coefficient (Wildman–Crippen LogP) is 1.39. The van der Waals surface area contributed by atoms with Gasteiger partial charge < -0.3 is 10.1 Å². The van der Waals surface area contributed by atoms with Crippen molar-refractivity contribution in [3.05, 3.63) is 46.0 Å². The molecule has 128 valence electrons. The summed E-state index contributed by atoms with van der Waals surface area (Å²) in [5.41, 5.74) is 0.320. The highest BCUT2D eigenvalue weighted by Crippen LogP contribution is 2.14. The molecule has 3 amide bonds. The summed E-state index contributed by atoms with van der Waals surface area (Å²) in [7, 11) is 0. The van der Waals surface area contributed by atoms with Crippen LogP contribution in [-0.4, -0.2) is 35.5 Å². The van der Waals surface area contributed by atoms with Gasteiger partial charge in [-0.15, -0.1) is 0 Å². The van der Waals surface area contributed by atoms with Crippen molar-refractivity contribution < 1.29 is 24.0 Å². The number of amides is 3. The van der Waals surface area contributed by atoms with E-state index >= 15 is 0 Å². The number of nitro groups is 1. The number of non-ortho nitro benzene ring substituents is 1. The smallest absolute Gasteiger partial charge is 0.331 e. The Hall–Kier alpha value is -3.23. The molecule has 24 heavy (non-hydrogen) atoms. The first-order valence-electron chi connectivity index (χ1n) is 7.05.